The van der Waals surface area contributed by atoms with Gasteiger partial charge in [0, 0.05) is 16.2 Å². The van der Waals surface area contributed by atoms with Crippen LogP contribution in [0.5, 0.6) is 0 Å². The van der Waals surface area contributed by atoms with Crippen molar-refractivity contribution in [3.63, 3.8) is 0 Å². The monoisotopic (exact) mass is 378 g/mol. The molecule has 6 heteroatoms. The number of aliphatic hydroxyl groups is 1. The average molecular weight is 379 g/mol. The molecule has 0 amide bonds. The maximum atomic E-state index is 12.2. The third-order valence-corrected chi connectivity index (χ3v) is 6.53. The molecular formula is C19H22O4S2. The Morgan fingerprint density at radius 3 is 1.80 bits per heavy atom. The van der Waals surface area contributed by atoms with Crippen LogP contribution < -0.4 is 0 Å². The molecule has 2 aromatic carbocycles. The molecule has 4 nitrogen and oxygen atoms in total. The summed E-state index contributed by atoms with van der Waals surface area (Å²) in [6, 6.07) is 14.4. The second-order valence-electron chi connectivity index (χ2n) is 6.02. The highest BCUT2D eigenvalue weighted by Crippen LogP contribution is 2.12. The number of ketones is 1. The van der Waals surface area contributed by atoms with Gasteiger partial charge >= 0.3 is 0 Å². The van der Waals surface area contributed by atoms with Crippen LogP contribution in [0.2, 0.25) is 0 Å². The molecule has 0 aromatic heterocycles. The molecular weight excluding hydrogens is 356 g/mol. The fourth-order valence-electron chi connectivity index (χ4n) is 2.26. The third-order valence-electron chi connectivity index (χ3n) is 3.67. The van der Waals surface area contributed by atoms with Gasteiger partial charge in [0.2, 0.25) is 0 Å². The van der Waals surface area contributed by atoms with Crippen molar-refractivity contribution in [2.45, 2.75) is 36.2 Å². The van der Waals surface area contributed by atoms with Gasteiger partial charge in [-0.05, 0) is 38.1 Å². The molecule has 0 bridgehead atoms. The fourth-order valence-corrected chi connectivity index (χ4v) is 4.38. The quantitative estimate of drug-likeness (QED) is 0.766. The Labute approximate surface area is 153 Å². The number of benzene rings is 2. The van der Waals surface area contributed by atoms with Crippen molar-refractivity contribution in [3.05, 3.63) is 59.7 Å². The van der Waals surface area contributed by atoms with Gasteiger partial charge in [-0.15, -0.1) is 0 Å². The highest BCUT2D eigenvalue weighted by Gasteiger charge is 2.17. The van der Waals surface area contributed by atoms with Crippen LogP contribution in [0.25, 0.3) is 0 Å². The molecule has 0 saturated carbocycles. The van der Waals surface area contributed by atoms with E-state index in [0.717, 1.165) is 11.1 Å². The van der Waals surface area contributed by atoms with E-state index < -0.39 is 27.7 Å². The SMILES string of the molecule is Cc1ccc(S(=O)CC(=O)C[C@H](O)CS(=O)c2ccc(C)cc2)cc1. The highest BCUT2D eigenvalue weighted by molar-refractivity contribution is 7.85. The second kappa shape index (κ2) is 9.17. The maximum Gasteiger partial charge on any atom is 0.148 e. The van der Waals surface area contributed by atoms with Crippen LogP contribution in [0, 0.1) is 13.8 Å². The summed E-state index contributed by atoms with van der Waals surface area (Å²) in [5.74, 6) is -0.448. The first-order chi connectivity index (χ1) is 11.8. The standard InChI is InChI=1S/C19H22O4S2/c1-14-3-7-18(8-4-14)24(22)12-16(20)11-17(21)13-25(23)19-9-5-15(2)6-10-19/h3-10,16,20H,11-13H2,1-2H3/t16-,24?,25?/m0/s1. The molecule has 2 rings (SSSR count). The topological polar surface area (TPSA) is 71.4 Å². The molecule has 25 heavy (non-hydrogen) atoms. The zero-order valence-electron chi connectivity index (χ0n) is 14.3. The van der Waals surface area contributed by atoms with Crippen molar-refractivity contribution in [2.24, 2.45) is 0 Å². The van der Waals surface area contributed by atoms with Gasteiger partial charge in [-0.3, -0.25) is 13.2 Å². The molecule has 1 N–H and O–H groups in total. The fraction of sp³-hybridized carbons (Fsp3) is 0.316. The number of carbonyl (C=O) groups is 1. The van der Waals surface area contributed by atoms with Gasteiger partial charge in [0.15, 0.2) is 0 Å². The minimum Gasteiger partial charge on any atom is -0.392 e. The van der Waals surface area contributed by atoms with Crippen molar-refractivity contribution in [1.29, 1.82) is 0 Å². The van der Waals surface area contributed by atoms with E-state index in [4.69, 9.17) is 0 Å². The van der Waals surface area contributed by atoms with E-state index in [1.54, 1.807) is 24.3 Å². The number of carbonyl (C=O) groups excluding carboxylic acids is 1. The van der Waals surface area contributed by atoms with Crippen LogP contribution in [0.1, 0.15) is 17.5 Å². The van der Waals surface area contributed by atoms with Gasteiger partial charge in [0.25, 0.3) is 0 Å². The highest BCUT2D eigenvalue weighted by atomic mass is 32.2. The Morgan fingerprint density at radius 1 is 0.880 bits per heavy atom. The first-order valence-electron chi connectivity index (χ1n) is 7.95. The zero-order chi connectivity index (χ0) is 18.4. The molecule has 134 valence electrons. The van der Waals surface area contributed by atoms with E-state index in [1.165, 1.54) is 0 Å². The third kappa shape index (κ3) is 6.30. The van der Waals surface area contributed by atoms with E-state index >= 15 is 0 Å². The van der Waals surface area contributed by atoms with Gasteiger partial charge in [-0.2, -0.15) is 0 Å². The number of hydrogen-bond donors (Lipinski definition) is 1. The van der Waals surface area contributed by atoms with Crippen molar-refractivity contribution in [2.75, 3.05) is 11.5 Å². The van der Waals surface area contributed by atoms with Crippen LogP contribution in [0.4, 0.5) is 0 Å². The first kappa shape index (κ1) is 19.7. The lowest BCUT2D eigenvalue weighted by Crippen LogP contribution is -2.23. The zero-order valence-corrected chi connectivity index (χ0v) is 15.9. The molecule has 0 heterocycles. The minimum atomic E-state index is -1.43. The van der Waals surface area contributed by atoms with Crippen molar-refractivity contribution in [1.82, 2.24) is 0 Å². The van der Waals surface area contributed by atoms with Crippen LogP contribution in [0.15, 0.2) is 58.3 Å². The summed E-state index contributed by atoms with van der Waals surface area (Å²) in [7, 11) is -2.79. The molecule has 3 atom stereocenters. The van der Waals surface area contributed by atoms with Gasteiger partial charge in [0.1, 0.15) is 5.78 Å². The lowest BCUT2D eigenvalue weighted by Gasteiger charge is -2.10. The van der Waals surface area contributed by atoms with E-state index in [1.807, 2.05) is 38.1 Å². The largest absolute Gasteiger partial charge is 0.392 e. The average Bonchev–Trinajstić information content (AvgIpc) is 2.55. The number of Topliss-reactive ketones (excluding diaryl/α,β-unsaturated/α-hetero) is 1. The molecule has 0 aliphatic rings. The normalized spacial score (nSPS) is 14.7. The van der Waals surface area contributed by atoms with E-state index in [0.29, 0.717) is 9.79 Å². The number of aliphatic hydroxyl groups excluding tert-OH is 1. The Hall–Kier alpha value is -1.63. The summed E-state index contributed by atoms with van der Waals surface area (Å²) in [5, 5.41) is 10.0. The summed E-state index contributed by atoms with van der Waals surface area (Å²) >= 11 is 0. The van der Waals surface area contributed by atoms with Crippen LogP contribution in [-0.4, -0.2) is 36.9 Å². The lowest BCUT2D eigenvalue weighted by molar-refractivity contribution is -0.118. The molecule has 2 unspecified atom stereocenters. The molecule has 0 saturated heterocycles. The van der Waals surface area contributed by atoms with E-state index in [2.05, 4.69) is 0 Å². The van der Waals surface area contributed by atoms with E-state index in [9.17, 15) is 18.3 Å². The van der Waals surface area contributed by atoms with Gasteiger partial charge < -0.3 is 5.11 Å². The molecule has 0 fully saturated rings. The summed E-state index contributed by atoms with van der Waals surface area (Å²) in [5.41, 5.74) is 2.12. The Bertz CT molecular complexity index is 767. The first-order valence-corrected chi connectivity index (χ1v) is 10.6. The minimum absolute atomic E-state index is 0.00797. The Kier molecular flexibility index (Phi) is 7.23. The van der Waals surface area contributed by atoms with Gasteiger partial charge in [-0.1, -0.05) is 35.4 Å². The molecule has 0 radical (unpaired) electrons. The smallest absolute Gasteiger partial charge is 0.148 e. The lowest BCUT2D eigenvalue weighted by atomic mass is 10.2. The summed E-state index contributed by atoms with van der Waals surface area (Å²) in [4.78, 5) is 13.2. The number of aryl methyl sites for hydroxylation is 2. The van der Waals surface area contributed by atoms with Crippen molar-refractivity contribution >= 4 is 27.4 Å². The second-order valence-corrected chi connectivity index (χ2v) is 8.97. The predicted octanol–water partition coefficient (Wildman–Crippen LogP) is 2.54. The summed E-state index contributed by atoms with van der Waals surface area (Å²) < 4.78 is 24.4. The number of hydrogen-bond acceptors (Lipinski definition) is 4. The van der Waals surface area contributed by atoms with E-state index in [-0.39, 0.29) is 23.7 Å². The van der Waals surface area contributed by atoms with Crippen LogP contribution in [0.3, 0.4) is 0 Å². The van der Waals surface area contributed by atoms with Crippen molar-refractivity contribution < 1.29 is 18.3 Å². The molecule has 0 aliphatic heterocycles. The van der Waals surface area contributed by atoms with Gasteiger partial charge in [0.05, 0.1) is 39.2 Å². The number of rotatable bonds is 8. The summed E-state index contributed by atoms with van der Waals surface area (Å²) in [6.07, 6.45) is -1.15. The maximum absolute atomic E-state index is 12.2. The Balaban J connectivity index is 1.85. The van der Waals surface area contributed by atoms with Crippen molar-refractivity contribution in [3.8, 4) is 0 Å². The molecule has 2 aromatic rings. The van der Waals surface area contributed by atoms with Gasteiger partial charge in [-0.25, -0.2) is 0 Å². The molecule has 0 spiro atoms. The predicted molar refractivity (Wildman–Crippen MR) is 101 cm³/mol. The van der Waals surface area contributed by atoms with Crippen LogP contribution in [-0.2, 0) is 26.4 Å². The Morgan fingerprint density at radius 2 is 1.32 bits per heavy atom. The molecule has 0 aliphatic carbocycles. The summed E-state index contributed by atoms with van der Waals surface area (Å²) in [6.45, 7) is 3.87. The van der Waals surface area contributed by atoms with Crippen LogP contribution >= 0.6 is 0 Å².